The standard InChI is InChI=1S/C11H14Cl2N2O/c1-7(14)11(16)15-6-5-8-9(12)3-2-4-10(8)13/h2-4,7H,5-6,14H2,1H3,(H,15,16)/t7-/m1/s1. The fourth-order valence-corrected chi connectivity index (χ4v) is 1.83. The number of halogens is 2. The predicted octanol–water partition coefficient (Wildman–Crippen LogP) is 2.00. The van der Waals surface area contributed by atoms with Crippen molar-refractivity contribution >= 4 is 29.1 Å². The molecule has 0 fully saturated rings. The lowest BCUT2D eigenvalue weighted by Crippen LogP contribution is -2.39. The van der Waals surface area contributed by atoms with Crippen LogP contribution in [0.1, 0.15) is 12.5 Å². The van der Waals surface area contributed by atoms with Crippen molar-refractivity contribution in [1.82, 2.24) is 5.32 Å². The molecule has 0 aliphatic heterocycles. The summed E-state index contributed by atoms with van der Waals surface area (Å²) in [6.07, 6.45) is 0.594. The molecule has 0 aromatic heterocycles. The van der Waals surface area contributed by atoms with Gasteiger partial charge < -0.3 is 11.1 Å². The third-order valence-corrected chi connectivity index (χ3v) is 2.86. The average Bonchev–Trinajstić information content (AvgIpc) is 2.22. The van der Waals surface area contributed by atoms with Crippen molar-refractivity contribution < 1.29 is 4.79 Å². The molecule has 0 heterocycles. The number of carbonyl (C=O) groups excluding carboxylic acids is 1. The van der Waals surface area contributed by atoms with Gasteiger partial charge in [-0.2, -0.15) is 0 Å². The Morgan fingerprint density at radius 2 is 2.00 bits per heavy atom. The molecule has 5 heteroatoms. The SMILES string of the molecule is C[C@@H](N)C(=O)NCCc1c(Cl)cccc1Cl. The quantitative estimate of drug-likeness (QED) is 0.870. The van der Waals surface area contributed by atoms with Crippen molar-refractivity contribution in [1.29, 1.82) is 0 Å². The normalized spacial score (nSPS) is 12.2. The van der Waals surface area contributed by atoms with E-state index >= 15 is 0 Å². The molecule has 1 amide bonds. The van der Waals surface area contributed by atoms with Crippen LogP contribution < -0.4 is 11.1 Å². The minimum absolute atomic E-state index is 0.178. The van der Waals surface area contributed by atoms with Gasteiger partial charge in [0, 0.05) is 16.6 Å². The fourth-order valence-electron chi connectivity index (χ4n) is 1.24. The Hall–Kier alpha value is -0.770. The second-order valence-corrected chi connectivity index (χ2v) is 4.34. The summed E-state index contributed by atoms with van der Waals surface area (Å²) in [6, 6.07) is 4.84. The van der Waals surface area contributed by atoms with E-state index in [9.17, 15) is 4.79 Å². The van der Waals surface area contributed by atoms with Gasteiger partial charge in [0.25, 0.3) is 0 Å². The minimum atomic E-state index is -0.498. The number of nitrogens with one attached hydrogen (secondary N) is 1. The lowest BCUT2D eigenvalue weighted by atomic mass is 10.1. The van der Waals surface area contributed by atoms with Crippen LogP contribution in [-0.2, 0) is 11.2 Å². The van der Waals surface area contributed by atoms with E-state index in [1.165, 1.54) is 0 Å². The van der Waals surface area contributed by atoms with Gasteiger partial charge in [-0.3, -0.25) is 4.79 Å². The molecular formula is C11H14Cl2N2O. The van der Waals surface area contributed by atoms with E-state index in [1.807, 2.05) is 0 Å². The highest BCUT2D eigenvalue weighted by atomic mass is 35.5. The summed E-state index contributed by atoms with van der Waals surface area (Å²) in [5.41, 5.74) is 6.25. The van der Waals surface area contributed by atoms with Crippen LogP contribution in [-0.4, -0.2) is 18.5 Å². The minimum Gasteiger partial charge on any atom is -0.354 e. The Morgan fingerprint density at radius 3 is 2.50 bits per heavy atom. The number of carbonyl (C=O) groups is 1. The third-order valence-electron chi connectivity index (χ3n) is 2.15. The largest absolute Gasteiger partial charge is 0.354 e. The summed E-state index contributed by atoms with van der Waals surface area (Å²) in [6.45, 7) is 2.11. The second-order valence-electron chi connectivity index (χ2n) is 3.53. The van der Waals surface area contributed by atoms with Gasteiger partial charge in [0.2, 0.25) is 5.91 Å². The lowest BCUT2D eigenvalue weighted by molar-refractivity contribution is -0.121. The van der Waals surface area contributed by atoms with Crippen LogP contribution in [0.15, 0.2) is 18.2 Å². The van der Waals surface area contributed by atoms with E-state index in [-0.39, 0.29) is 5.91 Å². The van der Waals surface area contributed by atoms with Gasteiger partial charge in [0.1, 0.15) is 0 Å². The molecular weight excluding hydrogens is 247 g/mol. The molecule has 88 valence electrons. The highest BCUT2D eigenvalue weighted by Crippen LogP contribution is 2.24. The zero-order valence-corrected chi connectivity index (χ0v) is 10.5. The van der Waals surface area contributed by atoms with Crippen LogP contribution in [0.4, 0.5) is 0 Å². The first-order valence-electron chi connectivity index (χ1n) is 4.98. The van der Waals surface area contributed by atoms with Crippen LogP contribution in [0.5, 0.6) is 0 Å². The molecule has 0 saturated heterocycles. The molecule has 0 spiro atoms. The van der Waals surface area contributed by atoms with Crippen LogP contribution in [0.25, 0.3) is 0 Å². The molecule has 0 saturated carbocycles. The molecule has 0 unspecified atom stereocenters. The Bertz CT molecular complexity index is 360. The summed E-state index contributed by atoms with van der Waals surface area (Å²) in [5, 5.41) is 3.93. The Kier molecular flexibility index (Phi) is 5.06. The second kappa shape index (κ2) is 6.09. The summed E-state index contributed by atoms with van der Waals surface area (Å²) in [7, 11) is 0. The van der Waals surface area contributed by atoms with Gasteiger partial charge >= 0.3 is 0 Å². The maximum atomic E-state index is 11.2. The van der Waals surface area contributed by atoms with Gasteiger partial charge in [0.15, 0.2) is 0 Å². The van der Waals surface area contributed by atoms with E-state index in [4.69, 9.17) is 28.9 Å². The first-order valence-corrected chi connectivity index (χ1v) is 5.74. The van der Waals surface area contributed by atoms with Gasteiger partial charge in [0.05, 0.1) is 6.04 Å². The van der Waals surface area contributed by atoms with Gasteiger partial charge in [-0.25, -0.2) is 0 Å². The maximum Gasteiger partial charge on any atom is 0.236 e. The first kappa shape index (κ1) is 13.3. The van der Waals surface area contributed by atoms with Crippen molar-refractivity contribution in [2.75, 3.05) is 6.54 Å². The molecule has 1 rings (SSSR count). The van der Waals surface area contributed by atoms with Crippen molar-refractivity contribution in [3.63, 3.8) is 0 Å². The first-order chi connectivity index (χ1) is 7.52. The van der Waals surface area contributed by atoms with Crippen molar-refractivity contribution in [2.45, 2.75) is 19.4 Å². The van der Waals surface area contributed by atoms with E-state index in [0.29, 0.717) is 23.0 Å². The van der Waals surface area contributed by atoms with Crippen molar-refractivity contribution in [2.24, 2.45) is 5.73 Å². The lowest BCUT2D eigenvalue weighted by Gasteiger charge is -2.09. The molecule has 0 aliphatic rings. The van der Waals surface area contributed by atoms with E-state index in [2.05, 4.69) is 5.32 Å². The number of amides is 1. The van der Waals surface area contributed by atoms with Crippen molar-refractivity contribution in [3.05, 3.63) is 33.8 Å². The summed E-state index contributed by atoms with van der Waals surface area (Å²) >= 11 is 12.0. The Morgan fingerprint density at radius 1 is 1.44 bits per heavy atom. The third kappa shape index (κ3) is 3.67. The molecule has 1 atom stereocenters. The molecule has 0 aliphatic carbocycles. The van der Waals surface area contributed by atoms with Gasteiger partial charge in [-0.05, 0) is 31.0 Å². The average molecular weight is 261 g/mol. The summed E-state index contributed by atoms with van der Waals surface area (Å²) in [4.78, 5) is 11.2. The van der Waals surface area contributed by atoms with E-state index < -0.39 is 6.04 Å². The summed E-state index contributed by atoms with van der Waals surface area (Å²) in [5.74, 6) is -0.178. The van der Waals surface area contributed by atoms with E-state index in [0.717, 1.165) is 5.56 Å². The molecule has 0 bridgehead atoms. The molecule has 3 nitrogen and oxygen atoms in total. The number of hydrogen-bond donors (Lipinski definition) is 2. The van der Waals surface area contributed by atoms with Crippen LogP contribution >= 0.6 is 23.2 Å². The van der Waals surface area contributed by atoms with E-state index in [1.54, 1.807) is 25.1 Å². The molecule has 1 aromatic carbocycles. The Balaban J connectivity index is 2.52. The maximum absolute atomic E-state index is 11.2. The topological polar surface area (TPSA) is 55.1 Å². The number of hydrogen-bond acceptors (Lipinski definition) is 2. The number of benzene rings is 1. The van der Waals surface area contributed by atoms with Crippen LogP contribution in [0.2, 0.25) is 10.0 Å². The zero-order chi connectivity index (χ0) is 12.1. The molecule has 1 aromatic rings. The molecule has 3 N–H and O–H groups in total. The smallest absolute Gasteiger partial charge is 0.236 e. The highest BCUT2D eigenvalue weighted by Gasteiger charge is 2.08. The molecule has 0 radical (unpaired) electrons. The zero-order valence-electron chi connectivity index (χ0n) is 8.97. The highest BCUT2D eigenvalue weighted by molar-refractivity contribution is 6.35. The predicted molar refractivity (Wildman–Crippen MR) is 66.8 cm³/mol. The number of nitrogens with two attached hydrogens (primary N) is 1. The molecule has 16 heavy (non-hydrogen) atoms. The summed E-state index contributed by atoms with van der Waals surface area (Å²) < 4.78 is 0. The van der Waals surface area contributed by atoms with Crippen molar-refractivity contribution in [3.8, 4) is 0 Å². The monoisotopic (exact) mass is 260 g/mol. The van der Waals surface area contributed by atoms with Gasteiger partial charge in [-0.15, -0.1) is 0 Å². The number of rotatable bonds is 4. The van der Waals surface area contributed by atoms with Crippen LogP contribution in [0, 0.1) is 0 Å². The fraction of sp³-hybridized carbons (Fsp3) is 0.364. The van der Waals surface area contributed by atoms with Crippen LogP contribution in [0.3, 0.4) is 0 Å². The van der Waals surface area contributed by atoms with Gasteiger partial charge in [-0.1, -0.05) is 29.3 Å². The Labute approximate surface area is 105 Å².